The summed E-state index contributed by atoms with van der Waals surface area (Å²) in [7, 11) is 0. The molecule has 0 saturated carbocycles. The SMILES string of the molecule is O=c1[c]c[n+](=O)[nH]c2ccccc12. The highest BCUT2D eigenvalue weighted by atomic mass is 16.3. The molecule has 0 aliphatic carbocycles. The van der Waals surface area contributed by atoms with Gasteiger partial charge in [-0.3, -0.25) is 4.79 Å². The van der Waals surface area contributed by atoms with Gasteiger partial charge in [0, 0.05) is 0 Å². The number of aromatic nitrogens is 2. The zero-order chi connectivity index (χ0) is 9.26. The molecule has 63 valence electrons. The predicted octanol–water partition coefficient (Wildman–Crippen LogP) is 0.243. The van der Waals surface area contributed by atoms with Crippen LogP contribution in [0.15, 0.2) is 35.3 Å². The van der Waals surface area contributed by atoms with E-state index < -0.39 is 0 Å². The number of hydrogen-bond donors (Lipinski definition) is 1. The van der Waals surface area contributed by atoms with E-state index in [0.29, 0.717) is 15.4 Å². The minimum Gasteiger partial charge on any atom is -0.288 e. The van der Waals surface area contributed by atoms with Gasteiger partial charge in [-0.2, -0.15) is 0 Å². The van der Waals surface area contributed by atoms with Crippen LogP contribution < -0.4 is 9.97 Å². The summed E-state index contributed by atoms with van der Waals surface area (Å²) >= 11 is 0. The highest BCUT2D eigenvalue weighted by Gasteiger charge is 1.98. The van der Waals surface area contributed by atoms with Crippen LogP contribution in [0.2, 0.25) is 0 Å². The molecule has 1 radical (unpaired) electrons. The van der Waals surface area contributed by atoms with E-state index in [9.17, 15) is 9.70 Å². The molecule has 13 heavy (non-hydrogen) atoms. The molecular weight excluding hydrogens is 168 g/mol. The number of aromatic amines is 1. The fourth-order valence-electron chi connectivity index (χ4n) is 1.12. The Morgan fingerprint density at radius 1 is 1.31 bits per heavy atom. The van der Waals surface area contributed by atoms with Crippen LogP contribution >= 0.6 is 0 Å². The maximum absolute atomic E-state index is 11.3. The molecule has 0 bridgehead atoms. The van der Waals surface area contributed by atoms with E-state index in [1.807, 2.05) is 0 Å². The summed E-state index contributed by atoms with van der Waals surface area (Å²) in [5.74, 6) is 0. The van der Waals surface area contributed by atoms with Crippen molar-refractivity contribution in [2.24, 2.45) is 0 Å². The number of hydrogen-bond acceptors (Lipinski definition) is 2. The minimum absolute atomic E-state index is 0.290. The van der Waals surface area contributed by atoms with E-state index in [1.165, 1.54) is 0 Å². The molecule has 4 heteroatoms. The third-order valence-electron chi connectivity index (χ3n) is 1.72. The topological polar surface area (TPSA) is 55.8 Å². The summed E-state index contributed by atoms with van der Waals surface area (Å²) in [6.07, 6.45) is 1.03. The van der Waals surface area contributed by atoms with Crippen molar-refractivity contribution in [2.45, 2.75) is 0 Å². The van der Waals surface area contributed by atoms with Gasteiger partial charge in [0.15, 0.2) is 4.54 Å². The first-order valence-corrected chi connectivity index (χ1v) is 3.73. The Labute approximate surface area is 73.0 Å². The molecule has 1 aromatic carbocycles. The van der Waals surface area contributed by atoms with Crippen LogP contribution in [-0.4, -0.2) is 5.10 Å². The normalized spacial score (nSPS) is 10.2. The standard InChI is InChI=1S/C9H5N2O2/c12-9-5-6-11(13)10-8-4-2-1-3-7(8)9/h1-4,6H/p+1. The Kier molecular flexibility index (Phi) is 1.66. The first kappa shape index (κ1) is 7.67. The second kappa shape index (κ2) is 2.82. The summed E-state index contributed by atoms with van der Waals surface area (Å²) in [6.45, 7) is 0. The Bertz CT molecular complexity index is 560. The smallest absolute Gasteiger partial charge is 0.269 e. The average Bonchev–Trinajstić information content (AvgIpc) is 2.27. The van der Waals surface area contributed by atoms with Crippen LogP contribution in [0.25, 0.3) is 10.9 Å². The van der Waals surface area contributed by atoms with Crippen LogP contribution in [0.4, 0.5) is 0 Å². The van der Waals surface area contributed by atoms with Crippen molar-refractivity contribution in [2.75, 3.05) is 0 Å². The van der Waals surface area contributed by atoms with E-state index in [4.69, 9.17) is 0 Å². The van der Waals surface area contributed by atoms with Gasteiger partial charge >= 0.3 is 0 Å². The maximum atomic E-state index is 11.3. The van der Waals surface area contributed by atoms with Crippen LogP contribution in [0.5, 0.6) is 0 Å². The molecule has 1 N–H and O–H groups in total. The van der Waals surface area contributed by atoms with Gasteiger partial charge in [0.2, 0.25) is 5.43 Å². The van der Waals surface area contributed by atoms with Crippen molar-refractivity contribution in [1.82, 2.24) is 5.10 Å². The van der Waals surface area contributed by atoms with Crippen LogP contribution in [0.1, 0.15) is 0 Å². The lowest BCUT2D eigenvalue weighted by Crippen LogP contribution is -2.15. The van der Waals surface area contributed by atoms with Gasteiger partial charge in [0.1, 0.15) is 11.6 Å². The minimum atomic E-state index is -0.290. The van der Waals surface area contributed by atoms with Gasteiger partial charge in [0.25, 0.3) is 6.20 Å². The monoisotopic (exact) mass is 174 g/mol. The molecule has 2 rings (SSSR count). The highest BCUT2D eigenvalue weighted by Crippen LogP contribution is 2.01. The van der Waals surface area contributed by atoms with E-state index in [1.54, 1.807) is 24.3 Å². The number of benzene rings is 1. The van der Waals surface area contributed by atoms with Crippen LogP contribution in [0, 0.1) is 11.0 Å². The molecule has 0 fully saturated rings. The third kappa shape index (κ3) is 1.33. The highest BCUT2D eigenvalue weighted by molar-refractivity contribution is 5.76. The lowest BCUT2D eigenvalue weighted by Gasteiger charge is -1.83. The number of fused-ring (bicyclic) bond motifs is 1. The molecule has 0 amide bonds. The summed E-state index contributed by atoms with van der Waals surface area (Å²) < 4.78 is 0.448. The Balaban J connectivity index is 3.13. The van der Waals surface area contributed by atoms with Gasteiger partial charge in [0.05, 0.1) is 10.3 Å². The number of rotatable bonds is 0. The molecule has 0 atom stereocenters. The third-order valence-corrected chi connectivity index (χ3v) is 1.72. The Morgan fingerprint density at radius 3 is 2.92 bits per heavy atom. The molecule has 4 nitrogen and oxygen atoms in total. The van der Waals surface area contributed by atoms with Gasteiger partial charge in [-0.05, 0) is 12.1 Å². The Morgan fingerprint density at radius 2 is 2.08 bits per heavy atom. The van der Waals surface area contributed by atoms with Gasteiger partial charge in [-0.15, -0.1) is 5.10 Å². The zero-order valence-electron chi connectivity index (χ0n) is 6.65. The number of H-pyrrole nitrogens is 1. The van der Waals surface area contributed by atoms with Crippen molar-refractivity contribution in [3.8, 4) is 0 Å². The summed E-state index contributed by atoms with van der Waals surface area (Å²) in [6, 6.07) is 9.13. The Hall–Kier alpha value is -1.97. The molecule has 0 aliphatic rings. The second-order valence-electron chi connectivity index (χ2n) is 2.59. The quantitative estimate of drug-likeness (QED) is 0.582. The molecule has 0 aliphatic heterocycles. The van der Waals surface area contributed by atoms with E-state index in [2.05, 4.69) is 11.2 Å². The lowest BCUT2D eigenvalue weighted by atomic mass is 10.2. The molecular formula is C9H6N2O2+. The fourth-order valence-corrected chi connectivity index (χ4v) is 1.12. The van der Waals surface area contributed by atoms with Crippen molar-refractivity contribution in [3.63, 3.8) is 0 Å². The predicted molar refractivity (Wildman–Crippen MR) is 46.8 cm³/mol. The van der Waals surface area contributed by atoms with Crippen molar-refractivity contribution < 1.29 is 4.54 Å². The summed E-state index contributed by atoms with van der Waals surface area (Å²) in [5, 5.41) is 2.95. The molecule has 0 spiro atoms. The van der Waals surface area contributed by atoms with E-state index >= 15 is 0 Å². The van der Waals surface area contributed by atoms with E-state index in [-0.39, 0.29) is 5.43 Å². The fraction of sp³-hybridized carbons (Fsp3) is 0. The molecule has 1 aromatic heterocycles. The summed E-state index contributed by atoms with van der Waals surface area (Å²) in [5.41, 5.74) is 0.213. The number of nitrogens with zero attached hydrogens (tertiary/aromatic N) is 1. The van der Waals surface area contributed by atoms with Crippen molar-refractivity contribution in [3.05, 3.63) is 51.7 Å². The molecule has 0 saturated heterocycles. The van der Waals surface area contributed by atoms with Gasteiger partial charge in [-0.1, -0.05) is 12.1 Å². The molecule has 0 unspecified atom stereocenters. The largest absolute Gasteiger partial charge is 0.288 e. The maximum Gasteiger partial charge on any atom is 0.269 e. The number of nitrogens with one attached hydrogen (secondary N) is 1. The van der Waals surface area contributed by atoms with Crippen molar-refractivity contribution in [1.29, 1.82) is 0 Å². The lowest BCUT2D eigenvalue weighted by molar-refractivity contribution is -0.560. The molecule has 1 heterocycles. The van der Waals surface area contributed by atoms with E-state index in [0.717, 1.165) is 6.20 Å². The first-order chi connectivity index (χ1) is 6.27. The first-order valence-electron chi connectivity index (χ1n) is 3.73. The second-order valence-corrected chi connectivity index (χ2v) is 2.59. The van der Waals surface area contributed by atoms with Crippen LogP contribution in [0.3, 0.4) is 0 Å². The average molecular weight is 174 g/mol. The van der Waals surface area contributed by atoms with Gasteiger partial charge in [-0.25, -0.2) is 0 Å². The molecule has 2 aromatic rings. The summed E-state index contributed by atoms with van der Waals surface area (Å²) in [4.78, 5) is 22.2. The number of para-hydroxylation sites is 1. The van der Waals surface area contributed by atoms with Crippen LogP contribution in [-0.2, 0) is 0 Å². The zero-order valence-corrected chi connectivity index (χ0v) is 6.65. The van der Waals surface area contributed by atoms with Gasteiger partial charge < -0.3 is 0 Å². The van der Waals surface area contributed by atoms with Crippen molar-refractivity contribution >= 4 is 10.9 Å².